The lowest BCUT2D eigenvalue weighted by molar-refractivity contribution is -0.00329. The molecule has 3 rings (SSSR count). The summed E-state index contributed by atoms with van der Waals surface area (Å²) in [5, 5.41) is 0.472. The lowest BCUT2D eigenvalue weighted by Crippen LogP contribution is -2.49. The zero-order chi connectivity index (χ0) is 15.5. The van der Waals surface area contributed by atoms with Gasteiger partial charge in [-0.3, -0.25) is 9.59 Å². The molecule has 1 N–H and O–H groups in total. The predicted octanol–water partition coefficient (Wildman–Crippen LogP) is 2.38. The summed E-state index contributed by atoms with van der Waals surface area (Å²) in [6.07, 6.45) is 3.17. The number of carbonyl (C=O) groups excluding carboxylic acids is 2. The third kappa shape index (κ3) is 3.08. The van der Waals surface area contributed by atoms with Gasteiger partial charge in [0.2, 0.25) is 0 Å². The summed E-state index contributed by atoms with van der Waals surface area (Å²) >= 11 is 5.84. The summed E-state index contributed by atoms with van der Waals surface area (Å²) in [5.74, 6) is -0.0452. The summed E-state index contributed by atoms with van der Waals surface area (Å²) in [4.78, 5) is 29.2. The normalized spacial score (nSPS) is 18.4. The van der Waals surface area contributed by atoms with E-state index in [4.69, 9.17) is 20.8 Å². The SMILES string of the molecule is O=C(C[C@@H]1COCCN1C(=O)c1cc(Cl)c[nH]1)c1ccco1. The number of hydrogen-bond acceptors (Lipinski definition) is 4. The average molecular weight is 323 g/mol. The van der Waals surface area contributed by atoms with E-state index in [-0.39, 0.29) is 24.2 Å². The van der Waals surface area contributed by atoms with Gasteiger partial charge in [-0.1, -0.05) is 11.6 Å². The van der Waals surface area contributed by atoms with Crippen LogP contribution in [0, 0.1) is 0 Å². The largest absolute Gasteiger partial charge is 0.461 e. The fourth-order valence-electron chi connectivity index (χ4n) is 2.49. The van der Waals surface area contributed by atoms with Crippen molar-refractivity contribution in [3.05, 3.63) is 47.1 Å². The molecule has 22 heavy (non-hydrogen) atoms. The van der Waals surface area contributed by atoms with Crippen LogP contribution in [0.5, 0.6) is 0 Å². The Morgan fingerprint density at radius 2 is 2.32 bits per heavy atom. The van der Waals surface area contributed by atoms with Gasteiger partial charge in [0.05, 0.1) is 30.5 Å². The van der Waals surface area contributed by atoms with E-state index in [1.807, 2.05) is 0 Å². The Kier molecular flexibility index (Phi) is 4.31. The molecule has 7 heteroatoms. The van der Waals surface area contributed by atoms with Crippen molar-refractivity contribution in [2.45, 2.75) is 12.5 Å². The molecule has 1 fully saturated rings. The van der Waals surface area contributed by atoms with Gasteiger partial charge in [0.15, 0.2) is 11.5 Å². The lowest BCUT2D eigenvalue weighted by Gasteiger charge is -2.34. The van der Waals surface area contributed by atoms with Gasteiger partial charge in [-0.05, 0) is 18.2 Å². The van der Waals surface area contributed by atoms with E-state index in [0.29, 0.717) is 36.2 Å². The molecule has 6 nitrogen and oxygen atoms in total. The van der Waals surface area contributed by atoms with Gasteiger partial charge in [0.25, 0.3) is 5.91 Å². The van der Waals surface area contributed by atoms with Crippen LogP contribution in [0.1, 0.15) is 27.5 Å². The number of ketones is 1. The third-order valence-corrected chi connectivity index (χ3v) is 3.80. The number of halogens is 1. The Morgan fingerprint density at radius 3 is 3.00 bits per heavy atom. The maximum absolute atomic E-state index is 12.5. The quantitative estimate of drug-likeness (QED) is 0.877. The average Bonchev–Trinajstić information content (AvgIpc) is 3.18. The molecule has 2 aromatic rings. The summed E-state index contributed by atoms with van der Waals surface area (Å²) in [6, 6.07) is 4.53. The van der Waals surface area contributed by atoms with Crippen LogP contribution < -0.4 is 0 Å². The minimum Gasteiger partial charge on any atom is -0.461 e. The second-order valence-corrected chi connectivity index (χ2v) is 5.50. The fraction of sp³-hybridized carbons (Fsp3) is 0.333. The first-order valence-corrected chi connectivity index (χ1v) is 7.32. The first-order valence-electron chi connectivity index (χ1n) is 6.94. The van der Waals surface area contributed by atoms with Crippen LogP contribution in [0.15, 0.2) is 35.1 Å². The molecule has 0 aromatic carbocycles. The van der Waals surface area contributed by atoms with E-state index in [0.717, 1.165) is 0 Å². The highest BCUT2D eigenvalue weighted by molar-refractivity contribution is 6.30. The summed E-state index contributed by atoms with van der Waals surface area (Å²) < 4.78 is 10.5. The third-order valence-electron chi connectivity index (χ3n) is 3.58. The Labute approximate surface area is 132 Å². The highest BCUT2D eigenvalue weighted by Crippen LogP contribution is 2.19. The molecule has 1 atom stereocenters. The Morgan fingerprint density at radius 1 is 1.45 bits per heavy atom. The van der Waals surface area contributed by atoms with Crippen molar-refractivity contribution < 1.29 is 18.7 Å². The fourth-order valence-corrected chi connectivity index (χ4v) is 2.65. The molecular formula is C15H15ClN2O4. The van der Waals surface area contributed by atoms with Crippen molar-refractivity contribution in [2.75, 3.05) is 19.8 Å². The molecule has 0 bridgehead atoms. The van der Waals surface area contributed by atoms with E-state index in [1.165, 1.54) is 6.26 Å². The van der Waals surface area contributed by atoms with Gasteiger partial charge >= 0.3 is 0 Å². The van der Waals surface area contributed by atoms with Crippen molar-refractivity contribution in [2.24, 2.45) is 0 Å². The highest BCUT2D eigenvalue weighted by atomic mass is 35.5. The topological polar surface area (TPSA) is 75.5 Å². The van der Waals surface area contributed by atoms with Crippen LogP contribution in [0.4, 0.5) is 0 Å². The number of rotatable bonds is 4. The second kappa shape index (κ2) is 6.37. The smallest absolute Gasteiger partial charge is 0.270 e. The monoisotopic (exact) mass is 322 g/mol. The molecule has 0 radical (unpaired) electrons. The Bertz CT molecular complexity index is 665. The van der Waals surface area contributed by atoms with E-state index < -0.39 is 0 Å². The van der Waals surface area contributed by atoms with Gasteiger partial charge in [-0.2, -0.15) is 0 Å². The van der Waals surface area contributed by atoms with Gasteiger partial charge in [-0.25, -0.2) is 0 Å². The Balaban J connectivity index is 1.73. The number of nitrogens with zero attached hydrogens (tertiary/aromatic N) is 1. The summed E-state index contributed by atoms with van der Waals surface area (Å²) in [7, 11) is 0. The van der Waals surface area contributed by atoms with Crippen LogP contribution in [0.25, 0.3) is 0 Å². The van der Waals surface area contributed by atoms with Crippen LogP contribution in [-0.2, 0) is 4.74 Å². The van der Waals surface area contributed by atoms with E-state index in [1.54, 1.807) is 29.3 Å². The minimum atomic E-state index is -0.319. The molecule has 0 spiro atoms. The van der Waals surface area contributed by atoms with Crippen molar-refractivity contribution >= 4 is 23.3 Å². The number of furan rings is 1. The number of aromatic nitrogens is 1. The number of Topliss-reactive ketones (excluding diaryl/α,β-unsaturated/α-hetero) is 1. The van der Waals surface area contributed by atoms with Crippen molar-refractivity contribution in [1.82, 2.24) is 9.88 Å². The van der Waals surface area contributed by atoms with Crippen LogP contribution >= 0.6 is 11.6 Å². The zero-order valence-electron chi connectivity index (χ0n) is 11.8. The maximum Gasteiger partial charge on any atom is 0.270 e. The number of nitrogens with one attached hydrogen (secondary N) is 1. The Hall–Kier alpha value is -2.05. The van der Waals surface area contributed by atoms with Crippen LogP contribution in [0.3, 0.4) is 0 Å². The summed E-state index contributed by atoms with van der Waals surface area (Å²) in [5.41, 5.74) is 0.405. The number of ether oxygens (including phenoxy) is 1. The standard InChI is InChI=1S/C15H15ClN2O4/c16-10-6-12(17-8-10)15(20)18-3-5-21-9-11(18)7-13(19)14-2-1-4-22-14/h1-2,4,6,8,11,17H,3,5,7,9H2/t11-/m1/s1. The molecule has 3 heterocycles. The highest BCUT2D eigenvalue weighted by Gasteiger charge is 2.31. The first-order chi connectivity index (χ1) is 10.6. The number of H-pyrrole nitrogens is 1. The molecule has 0 unspecified atom stereocenters. The molecular weight excluding hydrogens is 308 g/mol. The van der Waals surface area contributed by atoms with Gasteiger partial charge in [0, 0.05) is 19.2 Å². The molecule has 1 aliphatic rings. The molecule has 0 aliphatic carbocycles. The molecule has 2 aromatic heterocycles. The number of carbonyl (C=O) groups is 2. The summed E-state index contributed by atoms with van der Waals surface area (Å²) in [6.45, 7) is 1.21. The maximum atomic E-state index is 12.5. The van der Waals surface area contributed by atoms with Crippen molar-refractivity contribution in [1.29, 1.82) is 0 Å². The van der Waals surface area contributed by atoms with E-state index >= 15 is 0 Å². The minimum absolute atomic E-state index is 0.150. The number of aromatic amines is 1. The van der Waals surface area contributed by atoms with Gasteiger partial charge < -0.3 is 19.0 Å². The lowest BCUT2D eigenvalue weighted by atomic mass is 10.1. The van der Waals surface area contributed by atoms with Crippen LogP contribution in [0.2, 0.25) is 5.02 Å². The van der Waals surface area contributed by atoms with Crippen molar-refractivity contribution in [3.8, 4) is 0 Å². The predicted molar refractivity (Wildman–Crippen MR) is 79.1 cm³/mol. The number of amides is 1. The first kappa shape index (κ1) is 14.9. The van der Waals surface area contributed by atoms with Gasteiger partial charge in [-0.15, -0.1) is 0 Å². The molecule has 1 saturated heterocycles. The van der Waals surface area contributed by atoms with E-state index in [2.05, 4.69) is 4.98 Å². The molecule has 1 aliphatic heterocycles. The van der Waals surface area contributed by atoms with Crippen molar-refractivity contribution in [3.63, 3.8) is 0 Å². The number of morpholine rings is 1. The van der Waals surface area contributed by atoms with Crippen LogP contribution in [-0.4, -0.2) is 47.4 Å². The molecule has 116 valence electrons. The van der Waals surface area contributed by atoms with E-state index in [9.17, 15) is 9.59 Å². The van der Waals surface area contributed by atoms with Gasteiger partial charge in [0.1, 0.15) is 5.69 Å². The molecule has 0 saturated carbocycles. The second-order valence-electron chi connectivity index (χ2n) is 5.06. The number of hydrogen-bond donors (Lipinski definition) is 1. The molecule has 1 amide bonds. The zero-order valence-corrected chi connectivity index (χ0v) is 12.5.